The van der Waals surface area contributed by atoms with Gasteiger partial charge in [-0.25, -0.2) is 5.43 Å². The normalized spacial score (nSPS) is 15.1. The van der Waals surface area contributed by atoms with Crippen molar-refractivity contribution in [3.8, 4) is 5.69 Å². The van der Waals surface area contributed by atoms with Crippen LogP contribution in [-0.4, -0.2) is 21.3 Å². The lowest BCUT2D eigenvalue weighted by Gasteiger charge is -2.23. The zero-order valence-corrected chi connectivity index (χ0v) is 17.1. The lowest BCUT2D eigenvalue weighted by molar-refractivity contribution is 0.0955. The maximum atomic E-state index is 12.5. The van der Waals surface area contributed by atoms with Gasteiger partial charge in [-0.05, 0) is 63.1 Å². The number of hydrogen-bond acceptors (Lipinski definition) is 2. The fourth-order valence-corrected chi connectivity index (χ4v) is 4.20. The number of carbonyl (C=O) groups is 1. The van der Waals surface area contributed by atoms with Crippen LogP contribution in [-0.2, 0) is 0 Å². The highest BCUT2D eigenvalue weighted by Crippen LogP contribution is 2.28. The van der Waals surface area contributed by atoms with Crippen molar-refractivity contribution < 1.29 is 4.79 Å². The zero-order chi connectivity index (χ0) is 20.2. The van der Waals surface area contributed by atoms with Gasteiger partial charge in [-0.1, -0.05) is 25.3 Å². The number of benzene rings is 1. The Hall–Kier alpha value is -3.08. The van der Waals surface area contributed by atoms with Crippen LogP contribution in [0.5, 0.6) is 0 Å². The molecule has 3 aromatic rings. The van der Waals surface area contributed by atoms with Crippen LogP contribution in [0.1, 0.15) is 65.5 Å². The smallest absolute Gasteiger partial charge is 0.271 e. The van der Waals surface area contributed by atoms with Crippen molar-refractivity contribution in [1.82, 2.24) is 14.6 Å². The maximum Gasteiger partial charge on any atom is 0.271 e. The van der Waals surface area contributed by atoms with Gasteiger partial charge in [0.05, 0.1) is 6.21 Å². The Kier molecular flexibility index (Phi) is 5.65. The zero-order valence-electron chi connectivity index (χ0n) is 17.1. The minimum Gasteiger partial charge on any atom is -0.351 e. The van der Waals surface area contributed by atoms with Crippen LogP contribution in [0.25, 0.3) is 5.69 Å². The van der Waals surface area contributed by atoms with Crippen LogP contribution < -0.4 is 5.43 Å². The molecule has 150 valence electrons. The van der Waals surface area contributed by atoms with Crippen LogP contribution in [0.4, 0.5) is 0 Å². The molecule has 4 rings (SSSR count). The van der Waals surface area contributed by atoms with E-state index in [9.17, 15) is 4.79 Å². The van der Waals surface area contributed by atoms with E-state index in [0.29, 0.717) is 11.6 Å². The van der Waals surface area contributed by atoms with Crippen LogP contribution in [0.3, 0.4) is 0 Å². The average molecular weight is 389 g/mol. The Morgan fingerprint density at radius 3 is 2.59 bits per heavy atom. The first-order valence-electron chi connectivity index (χ1n) is 10.4. The molecule has 1 amide bonds. The quantitative estimate of drug-likeness (QED) is 0.476. The van der Waals surface area contributed by atoms with E-state index in [4.69, 9.17) is 0 Å². The largest absolute Gasteiger partial charge is 0.351 e. The van der Waals surface area contributed by atoms with Crippen molar-refractivity contribution in [1.29, 1.82) is 0 Å². The van der Waals surface area contributed by atoms with Gasteiger partial charge in [0, 0.05) is 46.6 Å². The number of carbonyl (C=O) groups excluding carboxylic acids is 1. The number of aryl methyl sites for hydroxylation is 2. The van der Waals surface area contributed by atoms with Gasteiger partial charge in [-0.2, -0.15) is 5.10 Å². The molecule has 0 saturated heterocycles. The predicted molar refractivity (Wildman–Crippen MR) is 117 cm³/mol. The third-order valence-corrected chi connectivity index (χ3v) is 5.75. The van der Waals surface area contributed by atoms with Crippen molar-refractivity contribution in [3.05, 3.63) is 77.4 Å². The minimum absolute atomic E-state index is 0.211. The predicted octanol–water partition coefficient (Wildman–Crippen LogP) is 5.16. The van der Waals surface area contributed by atoms with Gasteiger partial charge in [0.2, 0.25) is 0 Å². The summed E-state index contributed by atoms with van der Waals surface area (Å²) in [6, 6.07) is 14.4. The van der Waals surface area contributed by atoms with Gasteiger partial charge in [-0.15, -0.1) is 0 Å². The van der Waals surface area contributed by atoms with Crippen molar-refractivity contribution in [2.24, 2.45) is 5.10 Å². The van der Waals surface area contributed by atoms with Gasteiger partial charge < -0.3 is 9.13 Å². The van der Waals surface area contributed by atoms with E-state index in [1.165, 1.54) is 32.1 Å². The lowest BCUT2D eigenvalue weighted by atomic mass is 9.95. The van der Waals surface area contributed by atoms with Crippen molar-refractivity contribution >= 4 is 12.1 Å². The molecule has 0 bridgehead atoms. The summed E-state index contributed by atoms with van der Waals surface area (Å²) in [5.41, 5.74) is 7.50. The number of hydrazone groups is 1. The number of aromatic nitrogens is 2. The molecule has 0 atom stereocenters. The molecule has 1 fully saturated rings. The summed E-state index contributed by atoms with van der Waals surface area (Å²) in [5.74, 6) is -0.211. The highest BCUT2D eigenvalue weighted by molar-refractivity contribution is 5.95. The summed E-state index contributed by atoms with van der Waals surface area (Å²) in [6.45, 7) is 4.12. The van der Waals surface area contributed by atoms with Gasteiger partial charge in [0.15, 0.2) is 0 Å². The first-order chi connectivity index (χ1) is 14.1. The lowest BCUT2D eigenvalue weighted by Crippen LogP contribution is -2.18. The highest BCUT2D eigenvalue weighted by atomic mass is 16.2. The van der Waals surface area contributed by atoms with Crippen LogP contribution in [0.15, 0.2) is 60.0 Å². The first-order valence-corrected chi connectivity index (χ1v) is 10.4. The second-order valence-corrected chi connectivity index (χ2v) is 7.88. The molecule has 1 aliphatic rings. The minimum atomic E-state index is -0.211. The number of rotatable bonds is 5. The number of nitrogens with zero attached hydrogens (tertiary/aromatic N) is 3. The van der Waals surface area contributed by atoms with Crippen molar-refractivity contribution in [2.75, 3.05) is 0 Å². The van der Waals surface area contributed by atoms with E-state index in [0.717, 1.165) is 22.6 Å². The Morgan fingerprint density at radius 1 is 1.07 bits per heavy atom. The molecule has 0 spiro atoms. The number of nitrogens with one attached hydrogen (secondary N) is 1. The summed E-state index contributed by atoms with van der Waals surface area (Å²) in [6.07, 6.45) is 12.4. The fraction of sp³-hybridized carbons (Fsp3) is 0.333. The molecule has 1 aliphatic carbocycles. The molecule has 1 aromatic carbocycles. The Morgan fingerprint density at radius 2 is 1.83 bits per heavy atom. The third-order valence-electron chi connectivity index (χ3n) is 5.75. The van der Waals surface area contributed by atoms with Crippen molar-refractivity contribution in [2.45, 2.75) is 52.0 Å². The second kappa shape index (κ2) is 8.52. The topological polar surface area (TPSA) is 51.3 Å². The molecular formula is C24H28N4O. The molecule has 0 radical (unpaired) electrons. The van der Waals surface area contributed by atoms with Crippen LogP contribution in [0.2, 0.25) is 0 Å². The van der Waals surface area contributed by atoms with E-state index in [2.05, 4.69) is 58.0 Å². The third kappa shape index (κ3) is 4.34. The Labute approximate surface area is 172 Å². The SMILES string of the molecule is Cc1ccc(C)n1-c1cccc(C(=O)N/N=C\c2ccn(C3CCCCC3)c2)c1. The molecule has 1 N–H and O–H groups in total. The molecule has 0 aliphatic heterocycles. The summed E-state index contributed by atoms with van der Waals surface area (Å²) in [4.78, 5) is 12.5. The second-order valence-electron chi connectivity index (χ2n) is 7.88. The standard InChI is InChI=1S/C24H28N4O/c1-18-11-12-19(2)28(18)23-10-6-7-21(15-23)24(29)26-25-16-20-13-14-27(17-20)22-8-4-3-5-9-22/h6-7,10-17,22H,3-5,8-9H2,1-2H3,(H,26,29)/b25-16-. The van der Waals surface area contributed by atoms with Gasteiger partial charge in [0.25, 0.3) is 5.91 Å². The average Bonchev–Trinajstić information content (AvgIpc) is 3.35. The summed E-state index contributed by atoms with van der Waals surface area (Å²) in [7, 11) is 0. The molecule has 1 saturated carbocycles. The first kappa shape index (κ1) is 19.2. The van der Waals surface area contributed by atoms with E-state index >= 15 is 0 Å². The van der Waals surface area contributed by atoms with Crippen LogP contribution in [0, 0.1) is 13.8 Å². The van der Waals surface area contributed by atoms with E-state index in [-0.39, 0.29) is 5.91 Å². The van der Waals surface area contributed by atoms with E-state index < -0.39 is 0 Å². The molecule has 5 heteroatoms. The number of amides is 1. The number of hydrogen-bond donors (Lipinski definition) is 1. The van der Waals surface area contributed by atoms with Gasteiger partial charge in [-0.3, -0.25) is 4.79 Å². The fourth-order valence-electron chi connectivity index (χ4n) is 4.20. The molecular weight excluding hydrogens is 360 g/mol. The van der Waals surface area contributed by atoms with Gasteiger partial charge >= 0.3 is 0 Å². The van der Waals surface area contributed by atoms with Crippen molar-refractivity contribution in [3.63, 3.8) is 0 Å². The highest BCUT2D eigenvalue weighted by Gasteiger charge is 2.14. The molecule has 2 heterocycles. The summed E-state index contributed by atoms with van der Waals surface area (Å²) in [5, 5.41) is 4.16. The maximum absolute atomic E-state index is 12.5. The molecule has 0 unspecified atom stereocenters. The Bertz CT molecular complexity index is 1000. The Balaban J connectivity index is 1.41. The van der Waals surface area contributed by atoms with Gasteiger partial charge in [0.1, 0.15) is 0 Å². The van der Waals surface area contributed by atoms with E-state index in [1.807, 2.05) is 30.3 Å². The van der Waals surface area contributed by atoms with E-state index in [1.54, 1.807) is 6.21 Å². The summed E-state index contributed by atoms with van der Waals surface area (Å²) < 4.78 is 4.42. The van der Waals surface area contributed by atoms with Crippen LogP contribution >= 0.6 is 0 Å². The molecule has 5 nitrogen and oxygen atoms in total. The molecule has 29 heavy (non-hydrogen) atoms. The monoisotopic (exact) mass is 388 g/mol. The summed E-state index contributed by atoms with van der Waals surface area (Å²) >= 11 is 0. The molecule has 2 aromatic heterocycles.